The first kappa shape index (κ1) is 18.2. The third-order valence-corrected chi connectivity index (χ3v) is 5.60. The van der Waals surface area contributed by atoms with Gasteiger partial charge in [-0.1, -0.05) is 18.2 Å². The van der Waals surface area contributed by atoms with Gasteiger partial charge >= 0.3 is 0 Å². The van der Waals surface area contributed by atoms with Gasteiger partial charge in [-0.05, 0) is 13.0 Å². The Bertz CT molecular complexity index is 1330. The number of amides is 1. The molecule has 0 aliphatic carbocycles. The average Bonchev–Trinajstić information content (AvgIpc) is 3.37. The summed E-state index contributed by atoms with van der Waals surface area (Å²) >= 11 is 0. The molecule has 0 unspecified atom stereocenters. The summed E-state index contributed by atoms with van der Waals surface area (Å²) in [6, 6.07) is 7.01. The van der Waals surface area contributed by atoms with Crippen molar-refractivity contribution in [2.24, 2.45) is 7.05 Å². The molecule has 0 saturated carbocycles. The lowest BCUT2D eigenvalue weighted by Gasteiger charge is -2.27. The number of carbonyl (C=O) groups excluding carboxylic acids is 1. The molecule has 3 aromatic heterocycles. The lowest BCUT2D eigenvalue weighted by molar-refractivity contribution is 0.0728. The molecule has 0 spiro atoms. The summed E-state index contributed by atoms with van der Waals surface area (Å²) in [5.74, 6) is 0.469. The number of nitrogens with one attached hydrogen (secondary N) is 1. The molecule has 0 radical (unpaired) electrons. The van der Waals surface area contributed by atoms with Crippen molar-refractivity contribution in [3.05, 3.63) is 57.9 Å². The molecule has 0 bridgehead atoms. The maximum absolute atomic E-state index is 13.3. The van der Waals surface area contributed by atoms with E-state index in [0.717, 1.165) is 23.5 Å². The molecule has 4 aromatic rings. The number of benzene rings is 1. The van der Waals surface area contributed by atoms with Gasteiger partial charge in [-0.2, -0.15) is 10.2 Å². The first-order valence-electron chi connectivity index (χ1n) is 9.78. The van der Waals surface area contributed by atoms with Gasteiger partial charge in [0.15, 0.2) is 11.5 Å². The minimum atomic E-state index is -0.309. The second kappa shape index (κ2) is 6.90. The summed E-state index contributed by atoms with van der Waals surface area (Å²) in [6.07, 6.45) is 2.35. The highest BCUT2D eigenvalue weighted by Crippen LogP contribution is 2.29. The second-order valence-electron chi connectivity index (χ2n) is 7.26. The van der Waals surface area contributed by atoms with Gasteiger partial charge in [0, 0.05) is 43.2 Å². The molecule has 1 aromatic carbocycles. The lowest BCUT2D eigenvalue weighted by atomic mass is 10.0. The van der Waals surface area contributed by atoms with E-state index >= 15 is 0 Å². The molecule has 1 aliphatic heterocycles. The van der Waals surface area contributed by atoms with Crippen molar-refractivity contribution < 1.29 is 4.79 Å². The van der Waals surface area contributed by atoms with Crippen molar-refractivity contribution in [2.45, 2.75) is 26.4 Å². The van der Waals surface area contributed by atoms with Crippen LogP contribution in [0.4, 0.5) is 0 Å². The molecule has 4 heterocycles. The van der Waals surface area contributed by atoms with Crippen LogP contribution in [0.25, 0.3) is 22.3 Å². The van der Waals surface area contributed by atoms with Crippen molar-refractivity contribution in [2.75, 3.05) is 6.54 Å². The van der Waals surface area contributed by atoms with Crippen LogP contribution in [0.1, 0.15) is 28.7 Å². The molecule has 5 rings (SSSR count). The predicted molar refractivity (Wildman–Crippen MR) is 109 cm³/mol. The Labute approximate surface area is 171 Å². The number of aromatic nitrogens is 7. The van der Waals surface area contributed by atoms with Gasteiger partial charge in [0.2, 0.25) is 0 Å². The van der Waals surface area contributed by atoms with Gasteiger partial charge < -0.3 is 9.47 Å². The van der Waals surface area contributed by atoms with E-state index in [0.29, 0.717) is 36.1 Å². The van der Waals surface area contributed by atoms with Gasteiger partial charge in [0.1, 0.15) is 12.0 Å². The van der Waals surface area contributed by atoms with Crippen LogP contribution in [0, 0.1) is 0 Å². The standard InChI is InChI=1S/C20H20N8O2/c1-3-27-11-21-23-18(27)16-14-10-28(9-8-15(14)26(2)25-16)20(30)17-12-6-4-5-7-13(12)19(29)24-22-17/h4-7,11H,3,8-10H2,1-2H3,(H,24,29). The summed E-state index contributed by atoms with van der Waals surface area (Å²) in [5.41, 5.74) is 2.73. The average molecular weight is 404 g/mol. The monoisotopic (exact) mass is 404 g/mol. The third-order valence-electron chi connectivity index (χ3n) is 5.60. The third kappa shape index (κ3) is 2.71. The molecule has 10 heteroatoms. The quantitative estimate of drug-likeness (QED) is 0.547. The van der Waals surface area contributed by atoms with Gasteiger partial charge in [-0.15, -0.1) is 10.2 Å². The fraction of sp³-hybridized carbons (Fsp3) is 0.300. The molecule has 30 heavy (non-hydrogen) atoms. The number of hydrogen-bond donors (Lipinski definition) is 1. The largest absolute Gasteiger partial charge is 0.332 e. The fourth-order valence-electron chi connectivity index (χ4n) is 4.04. The summed E-state index contributed by atoms with van der Waals surface area (Å²) in [7, 11) is 1.91. The number of nitrogens with zero attached hydrogens (tertiary/aromatic N) is 7. The molecule has 0 fully saturated rings. The molecular formula is C20H20N8O2. The molecule has 0 atom stereocenters. The second-order valence-corrected chi connectivity index (χ2v) is 7.26. The number of rotatable bonds is 3. The van der Waals surface area contributed by atoms with Crippen LogP contribution in [-0.4, -0.2) is 52.1 Å². The number of carbonyl (C=O) groups is 1. The number of hydrogen-bond acceptors (Lipinski definition) is 6. The Morgan fingerprint density at radius 2 is 2.03 bits per heavy atom. The molecule has 1 N–H and O–H groups in total. The van der Waals surface area contributed by atoms with E-state index in [2.05, 4.69) is 25.5 Å². The molecule has 10 nitrogen and oxygen atoms in total. The first-order chi connectivity index (χ1) is 14.6. The Morgan fingerprint density at radius 1 is 1.23 bits per heavy atom. The van der Waals surface area contributed by atoms with Gasteiger partial charge in [0.05, 0.1) is 11.9 Å². The summed E-state index contributed by atoms with van der Waals surface area (Å²) in [6.45, 7) is 3.68. The summed E-state index contributed by atoms with van der Waals surface area (Å²) in [4.78, 5) is 27.2. The van der Waals surface area contributed by atoms with Crippen molar-refractivity contribution >= 4 is 16.7 Å². The van der Waals surface area contributed by atoms with Crippen molar-refractivity contribution in [1.82, 2.24) is 39.6 Å². The normalized spacial score (nSPS) is 13.6. The summed E-state index contributed by atoms with van der Waals surface area (Å²) < 4.78 is 3.79. The molecular weight excluding hydrogens is 384 g/mol. The number of fused-ring (bicyclic) bond motifs is 2. The smallest absolute Gasteiger partial charge is 0.275 e. The van der Waals surface area contributed by atoms with Crippen LogP contribution < -0.4 is 5.56 Å². The van der Waals surface area contributed by atoms with E-state index < -0.39 is 0 Å². The SMILES string of the molecule is CCn1cnnc1-c1nn(C)c2c1CN(C(=O)c1n[nH]c(=O)c3ccccc13)CC2. The predicted octanol–water partition coefficient (Wildman–Crippen LogP) is 1.13. The van der Waals surface area contributed by atoms with Crippen LogP contribution in [0.2, 0.25) is 0 Å². The Balaban J connectivity index is 1.55. The van der Waals surface area contributed by atoms with Crippen LogP contribution in [0.3, 0.4) is 0 Å². The molecule has 1 aliphatic rings. The van der Waals surface area contributed by atoms with E-state index in [9.17, 15) is 9.59 Å². The highest BCUT2D eigenvalue weighted by molar-refractivity contribution is 6.04. The molecule has 0 saturated heterocycles. The van der Waals surface area contributed by atoms with E-state index in [1.807, 2.05) is 23.2 Å². The number of aryl methyl sites for hydroxylation is 2. The van der Waals surface area contributed by atoms with Crippen LogP contribution >= 0.6 is 0 Å². The van der Waals surface area contributed by atoms with Crippen molar-refractivity contribution in [3.8, 4) is 11.5 Å². The van der Waals surface area contributed by atoms with Crippen molar-refractivity contribution in [3.63, 3.8) is 0 Å². The Morgan fingerprint density at radius 3 is 2.83 bits per heavy atom. The van der Waals surface area contributed by atoms with Crippen molar-refractivity contribution in [1.29, 1.82) is 0 Å². The lowest BCUT2D eigenvalue weighted by Crippen LogP contribution is -2.37. The number of H-pyrrole nitrogens is 1. The van der Waals surface area contributed by atoms with Gasteiger partial charge in [-0.25, -0.2) is 5.10 Å². The summed E-state index contributed by atoms with van der Waals surface area (Å²) in [5, 5.41) is 20.4. The topological polar surface area (TPSA) is 115 Å². The van der Waals surface area contributed by atoms with Gasteiger partial charge in [0.25, 0.3) is 11.5 Å². The minimum absolute atomic E-state index is 0.222. The molecule has 1 amide bonds. The zero-order chi connectivity index (χ0) is 20.8. The fourth-order valence-corrected chi connectivity index (χ4v) is 4.04. The van der Waals surface area contributed by atoms with E-state index in [4.69, 9.17) is 0 Å². The minimum Gasteiger partial charge on any atom is -0.332 e. The van der Waals surface area contributed by atoms with Crippen LogP contribution in [0.15, 0.2) is 35.4 Å². The van der Waals surface area contributed by atoms with E-state index in [1.54, 1.807) is 35.5 Å². The zero-order valence-corrected chi connectivity index (χ0v) is 16.7. The van der Waals surface area contributed by atoms with E-state index in [1.165, 1.54) is 0 Å². The molecule has 152 valence electrons. The van der Waals surface area contributed by atoms with E-state index in [-0.39, 0.29) is 17.2 Å². The van der Waals surface area contributed by atoms with Crippen LogP contribution in [0.5, 0.6) is 0 Å². The number of aromatic amines is 1. The maximum atomic E-state index is 13.3. The Hall–Kier alpha value is -3.82. The maximum Gasteiger partial charge on any atom is 0.275 e. The first-order valence-corrected chi connectivity index (χ1v) is 9.78. The van der Waals surface area contributed by atoms with Gasteiger partial charge in [-0.3, -0.25) is 14.3 Å². The van der Waals surface area contributed by atoms with Crippen LogP contribution in [-0.2, 0) is 26.6 Å². The highest BCUT2D eigenvalue weighted by atomic mass is 16.2. The highest BCUT2D eigenvalue weighted by Gasteiger charge is 2.30. The zero-order valence-electron chi connectivity index (χ0n) is 16.7. The Kier molecular flexibility index (Phi) is 4.19.